The van der Waals surface area contributed by atoms with E-state index in [0.717, 1.165) is 25.7 Å². The summed E-state index contributed by atoms with van der Waals surface area (Å²) in [5.74, 6) is -0.223. The predicted molar refractivity (Wildman–Crippen MR) is 50.1 cm³/mol. The third kappa shape index (κ3) is 2.54. The zero-order valence-corrected chi connectivity index (χ0v) is 8.38. The van der Waals surface area contributed by atoms with Gasteiger partial charge in [-0.3, -0.25) is 14.5 Å². The van der Waals surface area contributed by atoms with Crippen molar-refractivity contribution in [3.05, 3.63) is 0 Å². The summed E-state index contributed by atoms with van der Waals surface area (Å²) < 4.78 is 0. The molecule has 0 aliphatic heterocycles. The molecule has 0 heterocycles. The Hall–Kier alpha value is -0.860. The van der Waals surface area contributed by atoms with Crippen LogP contribution in [0.5, 0.6) is 0 Å². The molecule has 0 aromatic rings. The van der Waals surface area contributed by atoms with Crippen molar-refractivity contribution in [3.8, 4) is 0 Å². The molecule has 0 aromatic heterocycles. The minimum absolute atomic E-state index is 0.112. The van der Waals surface area contributed by atoms with Gasteiger partial charge in [-0.25, -0.2) is 0 Å². The van der Waals surface area contributed by atoms with Gasteiger partial charge in [-0.15, -0.1) is 0 Å². The Bertz CT molecular complexity index is 193. The monoisotopic (exact) mass is 183 g/mol. The van der Waals surface area contributed by atoms with Crippen molar-refractivity contribution in [3.63, 3.8) is 0 Å². The van der Waals surface area contributed by atoms with E-state index in [0.29, 0.717) is 0 Å². The highest BCUT2D eigenvalue weighted by Gasteiger charge is 2.25. The van der Waals surface area contributed by atoms with Crippen molar-refractivity contribution in [1.29, 1.82) is 0 Å². The van der Waals surface area contributed by atoms with Gasteiger partial charge in [0.1, 0.15) is 0 Å². The highest BCUT2D eigenvalue weighted by Crippen LogP contribution is 2.22. The fourth-order valence-corrected chi connectivity index (χ4v) is 2.08. The van der Waals surface area contributed by atoms with Crippen LogP contribution in [0.3, 0.4) is 0 Å². The normalized spacial score (nSPS) is 18.3. The Kier molecular flexibility index (Phi) is 3.46. The Balaban J connectivity index is 2.62. The molecular weight excluding hydrogens is 166 g/mol. The molecule has 0 aromatic carbocycles. The summed E-state index contributed by atoms with van der Waals surface area (Å²) in [6.07, 6.45) is 5.49. The van der Waals surface area contributed by atoms with Crippen LogP contribution in [0.4, 0.5) is 0 Å². The number of hydrogen-bond acceptors (Lipinski definition) is 2. The van der Waals surface area contributed by atoms with Crippen LogP contribution in [0.1, 0.15) is 46.0 Å². The zero-order valence-electron chi connectivity index (χ0n) is 8.38. The van der Waals surface area contributed by atoms with Crippen molar-refractivity contribution in [2.75, 3.05) is 0 Å². The summed E-state index contributed by atoms with van der Waals surface area (Å²) in [4.78, 5) is 23.8. The molecule has 0 radical (unpaired) electrons. The predicted octanol–water partition coefficient (Wildman–Crippen LogP) is 1.71. The van der Waals surface area contributed by atoms with E-state index >= 15 is 0 Å². The van der Waals surface area contributed by atoms with E-state index in [1.807, 2.05) is 0 Å². The average molecular weight is 183 g/mol. The molecule has 3 heteroatoms. The van der Waals surface area contributed by atoms with Gasteiger partial charge in [0.05, 0.1) is 0 Å². The molecule has 0 atom stereocenters. The largest absolute Gasteiger partial charge is 0.280 e. The standard InChI is InChI=1S/C10H17NO2/c1-8(12)11(9(2)13)10-6-4-3-5-7-10/h10H,3-7H2,1-2H3. The Morgan fingerprint density at radius 2 is 1.46 bits per heavy atom. The van der Waals surface area contributed by atoms with Crippen LogP contribution in [-0.2, 0) is 9.59 Å². The van der Waals surface area contributed by atoms with E-state index < -0.39 is 0 Å². The molecule has 0 N–H and O–H groups in total. The third-order valence-corrected chi connectivity index (χ3v) is 2.62. The lowest BCUT2D eigenvalue weighted by molar-refractivity contribution is -0.145. The highest BCUT2D eigenvalue weighted by molar-refractivity contribution is 5.93. The van der Waals surface area contributed by atoms with Crippen LogP contribution in [-0.4, -0.2) is 22.8 Å². The zero-order chi connectivity index (χ0) is 9.84. The van der Waals surface area contributed by atoms with Gasteiger partial charge < -0.3 is 0 Å². The summed E-state index contributed by atoms with van der Waals surface area (Å²) in [6.45, 7) is 2.94. The first kappa shape index (κ1) is 10.2. The second kappa shape index (κ2) is 4.40. The van der Waals surface area contributed by atoms with Crippen molar-refractivity contribution < 1.29 is 9.59 Å². The van der Waals surface area contributed by atoms with Crippen LogP contribution < -0.4 is 0 Å². The minimum Gasteiger partial charge on any atom is -0.280 e. The first-order chi connectivity index (χ1) is 6.13. The van der Waals surface area contributed by atoms with Gasteiger partial charge in [0.25, 0.3) is 0 Å². The number of carbonyl (C=O) groups excluding carboxylic acids is 2. The Morgan fingerprint density at radius 3 is 1.85 bits per heavy atom. The van der Waals surface area contributed by atoms with E-state index in [-0.39, 0.29) is 17.9 Å². The van der Waals surface area contributed by atoms with E-state index in [2.05, 4.69) is 0 Å². The van der Waals surface area contributed by atoms with Gasteiger partial charge in [0, 0.05) is 19.9 Å². The summed E-state index contributed by atoms with van der Waals surface area (Å²) in [6, 6.07) is 0.170. The molecule has 13 heavy (non-hydrogen) atoms. The fraction of sp³-hybridized carbons (Fsp3) is 0.800. The lowest BCUT2D eigenvalue weighted by Gasteiger charge is -2.31. The van der Waals surface area contributed by atoms with Gasteiger partial charge in [0.2, 0.25) is 11.8 Å². The summed E-state index contributed by atoms with van der Waals surface area (Å²) in [5.41, 5.74) is 0. The molecular formula is C10H17NO2. The molecule has 1 rings (SSSR count). The number of amides is 2. The smallest absolute Gasteiger partial charge is 0.226 e. The molecule has 74 valence electrons. The van der Waals surface area contributed by atoms with E-state index in [1.165, 1.54) is 25.2 Å². The lowest BCUT2D eigenvalue weighted by atomic mass is 9.94. The number of imide groups is 1. The van der Waals surface area contributed by atoms with E-state index in [9.17, 15) is 9.59 Å². The van der Waals surface area contributed by atoms with Crippen molar-refractivity contribution in [1.82, 2.24) is 4.90 Å². The highest BCUT2D eigenvalue weighted by atomic mass is 16.2. The van der Waals surface area contributed by atoms with E-state index in [1.54, 1.807) is 0 Å². The van der Waals surface area contributed by atoms with Crippen molar-refractivity contribution in [2.45, 2.75) is 52.0 Å². The fourth-order valence-electron chi connectivity index (χ4n) is 2.08. The number of carbonyl (C=O) groups is 2. The van der Waals surface area contributed by atoms with Gasteiger partial charge in [-0.2, -0.15) is 0 Å². The maximum absolute atomic E-state index is 11.2. The summed E-state index contributed by atoms with van der Waals surface area (Å²) in [5, 5.41) is 0. The van der Waals surface area contributed by atoms with Crippen LogP contribution in [0.15, 0.2) is 0 Å². The minimum atomic E-state index is -0.112. The molecule has 1 fully saturated rings. The second-order valence-corrected chi connectivity index (χ2v) is 3.70. The number of nitrogens with zero attached hydrogens (tertiary/aromatic N) is 1. The van der Waals surface area contributed by atoms with Crippen LogP contribution >= 0.6 is 0 Å². The Labute approximate surface area is 79.1 Å². The van der Waals surface area contributed by atoms with Crippen molar-refractivity contribution >= 4 is 11.8 Å². The lowest BCUT2D eigenvalue weighted by Crippen LogP contribution is -2.43. The molecule has 1 aliphatic rings. The van der Waals surface area contributed by atoms with Gasteiger partial charge in [0.15, 0.2) is 0 Å². The van der Waals surface area contributed by atoms with Gasteiger partial charge in [-0.05, 0) is 12.8 Å². The molecule has 0 unspecified atom stereocenters. The molecule has 1 saturated carbocycles. The summed E-state index contributed by atoms with van der Waals surface area (Å²) in [7, 11) is 0. The number of rotatable bonds is 1. The average Bonchev–Trinajstić information content (AvgIpc) is 2.04. The van der Waals surface area contributed by atoms with Crippen LogP contribution in [0.25, 0.3) is 0 Å². The maximum atomic E-state index is 11.2. The molecule has 1 aliphatic carbocycles. The topological polar surface area (TPSA) is 37.4 Å². The second-order valence-electron chi connectivity index (χ2n) is 3.70. The molecule has 0 spiro atoms. The number of hydrogen-bond donors (Lipinski definition) is 0. The molecule has 3 nitrogen and oxygen atoms in total. The van der Waals surface area contributed by atoms with Gasteiger partial charge >= 0.3 is 0 Å². The maximum Gasteiger partial charge on any atom is 0.226 e. The van der Waals surface area contributed by atoms with Gasteiger partial charge in [-0.1, -0.05) is 19.3 Å². The molecule has 2 amide bonds. The SMILES string of the molecule is CC(=O)N(C(C)=O)C1CCCCC1. The first-order valence-electron chi connectivity index (χ1n) is 4.93. The van der Waals surface area contributed by atoms with Crippen LogP contribution in [0, 0.1) is 0 Å². The Morgan fingerprint density at radius 1 is 1.00 bits per heavy atom. The van der Waals surface area contributed by atoms with E-state index in [4.69, 9.17) is 0 Å². The molecule has 0 saturated heterocycles. The van der Waals surface area contributed by atoms with Crippen molar-refractivity contribution in [2.24, 2.45) is 0 Å². The third-order valence-electron chi connectivity index (χ3n) is 2.62. The quantitative estimate of drug-likeness (QED) is 0.620. The van der Waals surface area contributed by atoms with Crippen LogP contribution in [0.2, 0.25) is 0 Å². The first-order valence-corrected chi connectivity index (χ1v) is 4.93. The molecule has 0 bridgehead atoms. The summed E-state index contributed by atoms with van der Waals surface area (Å²) >= 11 is 0.